The lowest BCUT2D eigenvalue weighted by atomic mass is 10.0. The molecule has 3 unspecified atom stereocenters. The second-order valence-corrected chi connectivity index (χ2v) is 8.03. The molecule has 0 spiro atoms. The van der Waals surface area contributed by atoms with Gasteiger partial charge in [0.05, 0.1) is 38.5 Å². The lowest BCUT2D eigenvalue weighted by molar-refractivity contribution is -0.148. The molecule has 0 N–H and O–H groups in total. The number of methoxy groups -OCH3 is 2. The van der Waals surface area contributed by atoms with Crippen molar-refractivity contribution in [2.24, 2.45) is 5.92 Å². The molecule has 3 atom stereocenters. The molecule has 31 heavy (non-hydrogen) atoms. The number of ether oxygens (including phenoxy) is 3. The van der Waals surface area contributed by atoms with Crippen LogP contribution < -0.4 is 14.4 Å². The largest absolute Gasteiger partial charge is 0.497 e. The lowest BCUT2D eigenvalue weighted by Gasteiger charge is -2.38. The number of hydrogen-bond donors (Lipinski definition) is 0. The summed E-state index contributed by atoms with van der Waals surface area (Å²) in [7, 11) is 3.14. The van der Waals surface area contributed by atoms with Crippen molar-refractivity contribution in [3.63, 3.8) is 0 Å². The standard InChI is InChI=1S/C24H28N2O5/c1-16-13-25(15-22(31-16)17-7-5-4-6-8-17)24(28)18-11-23(27)26(14-18)20-12-19(29-2)9-10-21(20)30-3/h4-10,12,16,18,22H,11,13-15H2,1-3H3. The predicted octanol–water partition coefficient (Wildman–Crippen LogP) is 3.05. The summed E-state index contributed by atoms with van der Waals surface area (Å²) in [5.74, 6) is 0.710. The van der Waals surface area contributed by atoms with Crippen LogP contribution in [0, 0.1) is 5.92 Å². The van der Waals surface area contributed by atoms with Crippen molar-refractivity contribution in [3.8, 4) is 11.5 Å². The third-order valence-corrected chi connectivity index (χ3v) is 5.89. The molecule has 7 heteroatoms. The SMILES string of the molecule is COc1ccc(OC)c(N2CC(C(=O)N3CC(C)OC(c4ccccc4)C3)CC2=O)c1. The second-order valence-electron chi connectivity index (χ2n) is 8.03. The normalized spacial score (nSPS) is 23.7. The van der Waals surface area contributed by atoms with Crippen LogP contribution >= 0.6 is 0 Å². The van der Waals surface area contributed by atoms with Gasteiger partial charge in [-0.25, -0.2) is 0 Å². The molecule has 164 valence electrons. The molecule has 2 saturated heterocycles. The van der Waals surface area contributed by atoms with E-state index in [-0.39, 0.29) is 30.4 Å². The molecular weight excluding hydrogens is 396 g/mol. The average Bonchev–Trinajstić information content (AvgIpc) is 3.19. The Morgan fingerprint density at radius 3 is 2.52 bits per heavy atom. The van der Waals surface area contributed by atoms with Crippen molar-refractivity contribution in [3.05, 3.63) is 54.1 Å². The Morgan fingerprint density at radius 2 is 1.81 bits per heavy atom. The first kappa shape index (κ1) is 21.2. The molecule has 2 amide bonds. The lowest BCUT2D eigenvalue weighted by Crippen LogP contribution is -2.48. The highest BCUT2D eigenvalue weighted by Gasteiger charge is 2.40. The zero-order valence-electron chi connectivity index (χ0n) is 18.1. The summed E-state index contributed by atoms with van der Waals surface area (Å²) in [6.45, 7) is 3.31. The van der Waals surface area contributed by atoms with Crippen molar-refractivity contribution in [2.45, 2.75) is 25.6 Å². The minimum Gasteiger partial charge on any atom is -0.497 e. The number of carbonyl (C=O) groups is 2. The predicted molar refractivity (Wildman–Crippen MR) is 116 cm³/mol. The molecule has 2 heterocycles. The quantitative estimate of drug-likeness (QED) is 0.738. The van der Waals surface area contributed by atoms with E-state index in [0.717, 1.165) is 5.56 Å². The molecule has 4 rings (SSSR count). The van der Waals surface area contributed by atoms with E-state index in [4.69, 9.17) is 14.2 Å². The summed E-state index contributed by atoms with van der Waals surface area (Å²) >= 11 is 0. The maximum absolute atomic E-state index is 13.4. The summed E-state index contributed by atoms with van der Waals surface area (Å²) in [5, 5.41) is 0. The first-order chi connectivity index (χ1) is 15.0. The smallest absolute Gasteiger partial charge is 0.228 e. The van der Waals surface area contributed by atoms with E-state index in [2.05, 4.69) is 0 Å². The first-order valence-corrected chi connectivity index (χ1v) is 10.5. The van der Waals surface area contributed by atoms with E-state index in [1.54, 1.807) is 37.3 Å². The number of amides is 2. The highest BCUT2D eigenvalue weighted by Crippen LogP contribution is 2.37. The van der Waals surface area contributed by atoms with Crippen LogP contribution in [-0.2, 0) is 14.3 Å². The van der Waals surface area contributed by atoms with E-state index < -0.39 is 5.92 Å². The minimum absolute atomic E-state index is 0.00575. The molecular formula is C24H28N2O5. The van der Waals surface area contributed by atoms with E-state index in [1.165, 1.54) is 0 Å². The highest BCUT2D eigenvalue weighted by molar-refractivity contribution is 6.01. The Bertz CT molecular complexity index is 948. The Balaban J connectivity index is 1.51. The summed E-state index contributed by atoms with van der Waals surface area (Å²) < 4.78 is 16.8. The molecule has 2 aromatic rings. The Labute approximate surface area is 182 Å². The van der Waals surface area contributed by atoms with Crippen LogP contribution in [0.5, 0.6) is 11.5 Å². The van der Waals surface area contributed by atoms with E-state index in [1.807, 2.05) is 42.2 Å². The number of anilines is 1. The zero-order valence-corrected chi connectivity index (χ0v) is 18.1. The van der Waals surface area contributed by atoms with E-state index >= 15 is 0 Å². The van der Waals surface area contributed by atoms with Crippen molar-refractivity contribution in [2.75, 3.05) is 38.8 Å². The topological polar surface area (TPSA) is 68.3 Å². The third kappa shape index (κ3) is 4.37. The van der Waals surface area contributed by atoms with Crippen molar-refractivity contribution in [1.29, 1.82) is 0 Å². The molecule has 2 aliphatic rings. The van der Waals surface area contributed by atoms with Gasteiger partial charge in [0.2, 0.25) is 11.8 Å². The van der Waals surface area contributed by atoms with Gasteiger partial charge in [-0.3, -0.25) is 9.59 Å². The second kappa shape index (κ2) is 8.98. The van der Waals surface area contributed by atoms with E-state index in [0.29, 0.717) is 36.8 Å². The van der Waals surface area contributed by atoms with Gasteiger partial charge in [0.1, 0.15) is 17.6 Å². The van der Waals surface area contributed by atoms with Crippen LogP contribution in [0.2, 0.25) is 0 Å². The average molecular weight is 424 g/mol. The fraction of sp³-hybridized carbons (Fsp3) is 0.417. The van der Waals surface area contributed by atoms with Gasteiger partial charge in [-0.2, -0.15) is 0 Å². The summed E-state index contributed by atoms with van der Waals surface area (Å²) in [6.07, 6.45) is -0.0591. The van der Waals surface area contributed by atoms with E-state index in [9.17, 15) is 9.59 Å². The maximum Gasteiger partial charge on any atom is 0.228 e. The summed E-state index contributed by atoms with van der Waals surface area (Å²) in [6, 6.07) is 15.3. The molecule has 0 aromatic heterocycles. The highest BCUT2D eigenvalue weighted by atomic mass is 16.5. The first-order valence-electron chi connectivity index (χ1n) is 10.5. The number of rotatable bonds is 5. The third-order valence-electron chi connectivity index (χ3n) is 5.89. The minimum atomic E-state index is -0.398. The number of nitrogens with zero attached hydrogens (tertiary/aromatic N) is 2. The zero-order chi connectivity index (χ0) is 22.0. The van der Waals surface area contributed by atoms with Crippen LogP contribution in [0.4, 0.5) is 5.69 Å². The number of carbonyl (C=O) groups excluding carboxylic acids is 2. The molecule has 0 bridgehead atoms. The van der Waals surface area contributed by atoms with Gasteiger partial charge in [-0.1, -0.05) is 30.3 Å². The van der Waals surface area contributed by atoms with Gasteiger partial charge < -0.3 is 24.0 Å². The Hall–Kier alpha value is -3.06. The Morgan fingerprint density at radius 1 is 1.03 bits per heavy atom. The van der Waals surface area contributed by atoms with Gasteiger partial charge >= 0.3 is 0 Å². The van der Waals surface area contributed by atoms with Gasteiger partial charge in [0.15, 0.2) is 0 Å². The Kier molecular flexibility index (Phi) is 6.13. The van der Waals surface area contributed by atoms with Crippen LogP contribution in [-0.4, -0.2) is 56.7 Å². The molecule has 2 fully saturated rings. The molecule has 2 aromatic carbocycles. The molecule has 7 nitrogen and oxygen atoms in total. The van der Waals surface area contributed by atoms with Crippen LogP contribution in [0.1, 0.15) is 25.0 Å². The van der Waals surface area contributed by atoms with Gasteiger partial charge in [0.25, 0.3) is 0 Å². The molecule has 2 aliphatic heterocycles. The van der Waals surface area contributed by atoms with Crippen LogP contribution in [0.15, 0.2) is 48.5 Å². The maximum atomic E-state index is 13.4. The molecule has 0 saturated carbocycles. The van der Waals surface area contributed by atoms with Crippen molar-refractivity contribution in [1.82, 2.24) is 4.90 Å². The van der Waals surface area contributed by atoms with Crippen LogP contribution in [0.3, 0.4) is 0 Å². The summed E-state index contributed by atoms with van der Waals surface area (Å²) in [4.78, 5) is 29.7. The van der Waals surface area contributed by atoms with Gasteiger partial charge in [-0.15, -0.1) is 0 Å². The van der Waals surface area contributed by atoms with Crippen LogP contribution in [0.25, 0.3) is 0 Å². The number of benzene rings is 2. The van der Waals surface area contributed by atoms with Crippen molar-refractivity contribution < 1.29 is 23.8 Å². The monoisotopic (exact) mass is 424 g/mol. The fourth-order valence-electron chi connectivity index (χ4n) is 4.35. The molecule has 0 radical (unpaired) electrons. The summed E-state index contributed by atoms with van der Waals surface area (Å²) in [5.41, 5.74) is 1.68. The van der Waals surface area contributed by atoms with Gasteiger partial charge in [0, 0.05) is 25.6 Å². The fourth-order valence-corrected chi connectivity index (χ4v) is 4.35. The molecule has 0 aliphatic carbocycles. The van der Waals surface area contributed by atoms with Gasteiger partial charge in [-0.05, 0) is 24.6 Å². The number of hydrogen-bond acceptors (Lipinski definition) is 5. The van der Waals surface area contributed by atoms with Crippen molar-refractivity contribution >= 4 is 17.5 Å². The number of morpholine rings is 1.